The van der Waals surface area contributed by atoms with Gasteiger partial charge < -0.3 is 14.6 Å². The van der Waals surface area contributed by atoms with E-state index in [-0.39, 0.29) is 6.61 Å². The van der Waals surface area contributed by atoms with E-state index in [9.17, 15) is 5.11 Å². The quantitative estimate of drug-likeness (QED) is 0.827. The van der Waals surface area contributed by atoms with E-state index in [2.05, 4.69) is 5.10 Å². The van der Waals surface area contributed by atoms with Crippen LogP contribution in [-0.4, -0.2) is 28.1 Å². The molecule has 0 aliphatic carbocycles. The molecular weight excluding hydrogens is 244 g/mol. The van der Waals surface area contributed by atoms with Crippen molar-refractivity contribution in [2.75, 3.05) is 13.2 Å². The smallest absolute Gasteiger partial charge is 0.166 e. The molecule has 1 aromatic heterocycles. The second kappa shape index (κ2) is 6.80. The van der Waals surface area contributed by atoms with Gasteiger partial charge in [0.25, 0.3) is 0 Å². The maximum Gasteiger partial charge on any atom is 0.166 e. The van der Waals surface area contributed by atoms with Gasteiger partial charge in [-0.05, 0) is 19.1 Å². The predicted molar refractivity (Wildman–Crippen MR) is 71.3 cm³/mol. The van der Waals surface area contributed by atoms with Crippen molar-refractivity contribution in [2.24, 2.45) is 0 Å². The van der Waals surface area contributed by atoms with Gasteiger partial charge in [0.2, 0.25) is 0 Å². The van der Waals surface area contributed by atoms with Gasteiger partial charge >= 0.3 is 0 Å². The number of para-hydroxylation sites is 1. The molecule has 2 rings (SSSR count). The Bertz CT molecular complexity index is 497. The number of hydrogen-bond donors (Lipinski definition) is 1. The molecular formula is C14H18N2O3. The van der Waals surface area contributed by atoms with Crippen LogP contribution in [0.1, 0.15) is 12.5 Å². The van der Waals surface area contributed by atoms with Crippen molar-refractivity contribution in [1.29, 1.82) is 0 Å². The maximum absolute atomic E-state index is 9.34. The molecule has 0 saturated carbocycles. The van der Waals surface area contributed by atoms with Crippen LogP contribution < -0.4 is 9.47 Å². The summed E-state index contributed by atoms with van der Waals surface area (Å²) in [6.45, 7) is 3.53. The van der Waals surface area contributed by atoms with Crippen LogP contribution >= 0.6 is 0 Å². The largest absolute Gasteiger partial charge is 0.490 e. The number of rotatable bonds is 7. The highest BCUT2D eigenvalue weighted by atomic mass is 16.5. The molecule has 2 aromatic rings. The summed E-state index contributed by atoms with van der Waals surface area (Å²) < 4.78 is 13.0. The Morgan fingerprint density at radius 2 is 2.16 bits per heavy atom. The minimum absolute atomic E-state index is 0.0714. The van der Waals surface area contributed by atoms with E-state index in [1.807, 2.05) is 37.4 Å². The molecule has 19 heavy (non-hydrogen) atoms. The minimum atomic E-state index is -0.0714. The van der Waals surface area contributed by atoms with E-state index >= 15 is 0 Å². The lowest BCUT2D eigenvalue weighted by Gasteiger charge is -2.14. The molecule has 0 spiro atoms. The molecule has 0 fully saturated rings. The summed E-state index contributed by atoms with van der Waals surface area (Å²) in [7, 11) is 0. The van der Waals surface area contributed by atoms with Crippen LogP contribution in [0.15, 0.2) is 36.7 Å². The van der Waals surface area contributed by atoms with E-state index in [1.54, 1.807) is 10.9 Å². The molecule has 102 valence electrons. The van der Waals surface area contributed by atoms with Crippen molar-refractivity contribution >= 4 is 0 Å². The highest BCUT2D eigenvalue weighted by Gasteiger charge is 2.10. The van der Waals surface area contributed by atoms with Gasteiger partial charge in [0.05, 0.1) is 19.8 Å². The van der Waals surface area contributed by atoms with Crippen LogP contribution in [0, 0.1) is 0 Å². The Morgan fingerprint density at radius 3 is 2.84 bits per heavy atom. The summed E-state index contributed by atoms with van der Waals surface area (Å²) in [4.78, 5) is 0. The number of aliphatic hydroxyl groups is 1. The second-order valence-corrected chi connectivity index (χ2v) is 3.95. The minimum Gasteiger partial charge on any atom is -0.490 e. The maximum atomic E-state index is 9.34. The zero-order valence-electron chi connectivity index (χ0n) is 11.0. The molecule has 0 saturated heterocycles. The van der Waals surface area contributed by atoms with Crippen molar-refractivity contribution in [3.8, 4) is 11.5 Å². The molecule has 0 amide bonds. The van der Waals surface area contributed by atoms with Crippen molar-refractivity contribution in [3.05, 3.63) is 42.2 Å². The second-order valence-electron chi connectivity index (χ2n) is 3.95. The average Bonchev–Trinajstić information content (AvgIpc) is 2.93. The lowest BCUT2D eigenvalue weighted by atomic mass is 10.2. The number of aliphatic hydroxyl groups excluding tert-OH is 1. The lowest BCUT2D eigenvalue weighted by molar-refractivity contribution is 0.240. The summed E-state index contributed by atoms with van der Waals surface area (Å²) in [6, 6.07) is 7.38. The Morgan fingerprint density at radius 1 is 1.26 bits per heavy atom. The van der Waals surface area contributed by atoms with Crippen LogP contribution in [0.3, 0.4) is 0 Å². The summed E-state index contributed by atoms with van der Waals surface area (Å²) in [5.74, 6) is 1.27. The molecule has 1 aromatic carbocycles. The van der Waals surface area contributed by atoms with Crippen LogP contribution in [0.4, 0.5) is 0 Å². The van der Waals surface area contributed by atoms with Crippen LogP contribution in [-0.2, 0) is 13.2 Å². The molecule has 0 unspecified atom stereocenters. The molecule has 1 N–H and O–H groups in total. The highest BCUT2D eigenvalue weighted by molar-refractivity contribution is 5.46. The summed E-state index contributed by atoms with van der Waals surface area (Å²) in [6.07, 6.45) is 3.61. The molecule has 1 heterocycles. The van der Waals surface area contributed by atoms with Crippen LogP contribution in [0.25, 0.3) is 0 Å². The Labute approximate surface area is 112 Å². The van der Waals surface area contributed by atoms with Gasteiger partial charge in [-0.25, -0.2) is 0 Å². The highest BCUT2D eigenvalue weighted by Crippen LogP contribution is 2.31. The van der Waals surface area contributed by atoms with Crippen LogP contribution in [0.5, 0.6) is 11.5 Å². The molecule has 0 aliphatic heterocycles. The van der Waals surface area contributed by atoms with E-state index in [0.717, 1.165) is 5.56 Å². The molecule has 5 nitrogen and oxygen atoms in total. The van der Waals surface area contributed by atoms with Gasteiger partial charge in [0.1, 0.15) is 6.61 Å². The first kappa shape index (κ1) is 13.4. The molecule has 0 aliphatic rings. The van der Waals surface area contributed by atoms with Gasteiger partial charge in [-0.15, -0.1) is 0 Å². The van der Waals surface area contributed by atoms with Crippen molar-refractivity contribution < 1.29 is 14.6 Å². The Balaban J connectivity index is 2.04. The Kier molecular flexibility index (Phi) is 4.80. The summed E-state index contributed by atoms with van der Waals surface area (Å²) in [5, 5.41) is 13.4. The molecule has 0 bridgehead atoms. The Hall–Kier alpha value is -2.01. The number of nitrogens with zero attached hydrogens (tertiary/aromatic N) is 2. The normalized spacial score (nSPS) is 10.4. The molecule has 5 heteroatoms. The third kappa shape index (κ3) is 3.48. The lowest BCUT2D eigenvalue weighted by Crippen LogP contribution is -2.10. The zero-order chi connectivity index (χ0) is 13.5. The molecule has 0 radical (unpaired) electrons. The summed E-state index contributed by atoms with van der Waals surface area (Å²) in [5.41, 5.74) is 0.728. The first-order chi connectivity index (χ1) is 9.35. The fraction of sp³-hybridized carbons (Fsp3) is 0.357. The first-order valence-electron chi connectivity index (χ1n) is 6.31. The summed E-state index contributed by atoms with van der Waals surface area (Å²) >= 11 is 0. The third-order valence-corrected chi connectivity index (χ3v) is 2.66. The SMILES string of the molecule is CCOc1cccc(CO)c1OCCn1cccn1. The van der Waals surface area contributed by atoms with Crippen molar-refractivity contribution in [2.45, 2.75) is 20.1 Å². The number of aromatic nitrogens is 2. The van der Waals surface area contributed by atoms with Gasteiger partial charge in [-0.1, -0.05) is 12.1 Å². The van der Waals surface area contributed by atoms with E-state index in [1.165, 1.54) is 0 Å². The number of hydrogen-bond acceptors (Lipinski definition) is 4. The fourth-order valence-corrected chi connectivity index (χ4v) is 1.79. The van der Waals surface area contributed by atoms with Crippen molar-refractivity contribution in [3.63, 3.8) is 0 Å². The zero-order valence-corrected chi connectivity index (χ0v) is 11.0. The van der Waals surface area contributed by atoms with Gasteiger partial charge in [-0.2, -0.15) is 5.10 Å². The van der Waals surface area contributed by atoms with Gasteiger partial charge in [-0.3, -0.25) is 4.68 Å². The van der Waals surface area contributed by atoms with Crippen LogP contribution in [0.2, 0.25) is 0 Å². The van der Waals surface area contributed by atoms with Gasteiger partial charge in [0.15, 0.2) is 11.5 Å². The number of benzene rings is 1. The van der Waals surface area contributed by atoms with E-state index in [0.29, 0.717) is 31.3 Å². The van der Waals surface area contributed by atoms with Gasteiger partial charge in [0, 0.05) is 18.0 Å². The first-order valence-corrected chi connectivity index (χ1v) is 6.31. The molecule has 0 atom stereocenters. The standard InChI is InChI=1S/C14H18N2O3/c1-2-18-13-6-3-5-12(11-17)14(13)19-10-9-16-8-4-7-15-16/h3-8,17H,2,9-11H2,1H3. The third-order valence-electron chi connectivity index (χ3n) is 2.66. The van der Waals surface area contributed by atoms with E-state index < -0.39 is 0 Å². The average molecular weight is 262 g/mol. The topological polar surface area (TPSA) is 56.5 Å². The van der Waals surface area contributed by atoms with Crippen molar-refractivity contribution in [1.82, 2.24) is 9.78 Å². The monoisotopic (exact) mass is 262 g/mol. The predicted octanol–water partition coefficient (Wildman–Crippen LogP) is 1.85. The number of ether oxygens (including phenoxy) is 2. The van der Waals surface area contributed by atoms with E-state index in [4.69, 9.17) is 9.47 Å². The fourth-order valence-electron chi connectivity index (χ4n) is 1.79.